The zero-order chi connectivity index (χ0) is 15.7. The van der Waals surface area contributed by atoms with Crippen molar-refractivity contribution in [3.05, 3.63) is 11.2 Å². The van der Waals surface area contributed by atoms with Gasteiger partial charge in [-0.1, -0.05) is 18.3 Å². The maximum Gasteiger partial charge on any atom is 0.350 e. The summed E-state index contributed by atoms with van der Waals surface area (Å²) >= 11 is 1.37. The highest BCUT2D eigenvalue weighted by molar-refractivity contribution is 7.17. The van der Waals surface area contributed by atoms with Gasteiger partial charge in [0.1, 0.15) is 16.9 Å². The average Bonchev–Trinajstić information content (AvgIpc) is 3.12. The lowest BCUT2D eigenvalue weighted by Crippen LogP contribution is -2.34. The lowest BCUT2D eigenvalue weighted by molar-refractivity contribution is 0.0607. The largest absolute Gasteiger partial charge is 0.465 e. The molecule has 118 valence electrons. The van der Waals surface area contributed by atoms with Crippen LogP contribution in [-0.4, -0.2) is 45.9 Å². The van der Waals surface area contributed by atoms with Crippen molar-refractivity contribution >= 4 is 22.4 Å². The standard InChI is InChI=1S/C14H19N5O2S/c1-9-5-4-6-19(7-9)14-17-10(11(22-14)13(20)21-3)12-15-8-16-18(12)2/h8-9H,4-7H2,1-3H3/t9-/m1/s1. The Bertz CT molecular complexity index is 681. The molecule has 0 unspecified atom stereocenters. The minimum atomic E-state index is -0.383. The van der Waals surface area contributed by atoms with Crippen LogP contribution >= 0.6 is 11.3 Å². The Morgan fingerprint density at radius 1 is 1.50 bits per heavy atom. The molecule has 0 N–H and O–H groups in total. The summed E-state index contributed by atoms with van der Waals surface area (Å²) in [6.07, 6.45) is 3.84. The Labute approximate surface area is 132 Å². The lowest BCUT2D eigenvalue weighted by atomic mass is 10.0. The number of hydrogen-bond acceptors (Lipinski definition) is 7. The van der Waals surface area contributed by atoms with Crippen LogP contribution in [0, 0.1) is 5.92 Å². The van der Waals surface area contributed by atoms with Crippen molar-refractivity contribution in [2.45, 2.75) is 19.8 Å². The number of ether oxygens (including phenoxy) is 1. The fourth-order valence-corrected chi connectivity index (χ4v) is 3.72. The molecule has 3 heterocycles. The SMILES string of the molecule is COC(=O)c1sc(N2CCC[C@@H](C)C2)nc1-c1ncnn1C. The van der Waals surface area contributed by atoms with Gasteiger partial charge in [-0.3, -0.25) is 0 Å². The van der Waals surface area contributed by atoms with Crippen molar-refractivity contribution in [1.82, 2.24) is 19.7 Å². The van der Waals surface area contributed by atoms with E-state index in [1.165, 1.54) is 31.2 Å². The molecule has 0 amide bonds. The average molecular weight is 321 g/mol. The zero-order valence-corrected chi connectivity index (χ0v) is 13.8. The smallest absolute Gasteiger partial charge is 0.350 e. The van der Waals surface area contributed by atoms with Gasteiger partial charge < -0.3 is 9.64 Å². The van der Waals surface area contributed by atoms with Crippen molar-refractivity contribution in [2.24, 2.45) is 13.0 Å². The highest BCUT2D eigenvalue weighted by Crippen LogP contribution is 2.34. The Kier molecular flexibility index (Phi) is 4.10. The molecule has 1 aliphatic rings. The number of thiazole rings is 1. The molecule has 8 heteroatoms. The van der Waals surface area contributed by atoms with Gasteiger partial charge >= 0.3 is 5.97 Å². The summed E-state index contributed by atoms with van der Waals surface area (Å²) < 4.78 is 6.51. The van der Waals surface area contributed by atoms with E-state index in [1.807, 2.05) is 0 Å². The molecule has 1 atom stereocenters. The first-order chi connectivity index (χ1) is 10.6. The van der Waals surface area contributed by atoms with Crippen LogP contribution in [0.5, 0.6) is 0 Å². The third kappa shape index (κ3) is 2.70. The van der Waals surface area contributed by atoms with Gasteiger partial charge in [0, 0.05) is 20.1 Å². The van der Waals surface area contributed by atoms with Crippen LogP contribution in [0.25, 0.3) is 11.5 Å². The number of methoxy groups -OCH3 is 1. The molecular weight excluding hydrogens is 302 g/mol. The maximum absolute atomic E-state index is 12.1. The van der Waals surface area contributed by atoms with Crippen LogP contribution in [0.4, 0.5) is 5.13 Å². The van der Waals surface area contributed by atoms with E-state index < -0.39 is 0 Å². The molecule has 1 saturated heterocycles. The minimum absolute atomic E-state index is 0.383. The lowest BCUT2D eigenvalue weighted by Gasteiger charge is -2.30. The summed E-state index contributed by atoms with van der Waals surface area (Å²) in [6.45, 7) is 4.17. The predicted octanol–water partition coefficient (Wildman–Crippen LogP) is 1.96. The fourth-order valence-electron chi connectivity index (χ4n) is 2.70. The van der Waals surface area contributed by atoms with Gasteiger partial charge in [0.2, 0.25) is 0 Å². The molecule has 0 aliphatic carbocycles. The summed E-state index contributed by atoms with van der Waals surface area (Å²) in [6, 6.07) is 0. The second-order valence-corrected chi connectivity index (χ2v) is 6.54. The Morgan fingerprint density at radius 2 is 2.32 bits per heavy atom. The molecule has 1 aliphatic heterocycles. The molecule has 0 spiro atoms. The van der Waals surface area contributed by atoms with Gasteiger partial charge in [0.05, 0.1) is 7.11 Å². The molecule has 1 fully saturated rings. The quantitative estimate of drug-likeness (QED) is 0.805. The summed E-state index contributed by atoms with van der Waals surface area (Å²) in [7, 11) is 3.16. The first-order valence-electron chi connectivity index (χ1n) is 7.28. The Balaban J connectivity index is 2.01. The highest BCUT2D eigenvalue weighted by atomic mass is 32.1. The van der Waals surface area contributed by atoms with E-state index in [2.05, 4.69) is 26.9 Å². The number of rotatable bonds is 3. The van der Waals surface area contributed by atoms with E-state index in [-0.39, 0.29) is 5.97 Å². The number of carbonyl (C=O) groups is 1. The van der Waals surface area contributed by atoms with E-state index >= 15 is 0 Å². The van der Waals surface area contributed by atoms with E-state index in [0.29, 0.717) is 22.3 Å². The molecule has 0 saturated carbocycles. The first kappa shape index (κ1) is 15.0. The second-order valence-electron chi connectivity index (χ2n) is 5.57. The van der Waals surface area contributed by atoms with Crippen molar-refractivity contribution in [3.8, 4) is 11.5 Å². The first-order valence-corrected chi connectivity index (χ1v) is 8.10. The van der Waals surface area contributed by atoms with Crippen molar-refractivity contribution < 1.29 is 9.53 Å². The van der Waals surface area contributed by atoms with Crippen LogP contribution in [-0.2, 0) is 11.8 Å². The van der Waals surface area contributed by atoms with E-state index in [9.17, 15) is 4.79 Å². The van der Waals surface area contributed by atoms with Crippen LogP contribution in [0.1, 0.15) is 29.4 Å². The number of esters is 1. The number of aryl methyl sites for hydroxylation is 1. The second kappa shape index (κ2) is 6.04. The highest BCUT2D eigenvalue weighted by Gasteiger charge is 2.27. The van der Waals surface area contributed by atoms with E-state index in [4.69, 9.17) is 4.74 Å². The molecule has 3 rings (SSSR count). The maximum atomic E-state index is 12.1. The topological polar surface area (TPSA) is 73.1 Å². The predicted molar refractivity (Wildman–Crippen MR) is 84.1 cm³/mol. The third-order valence-electron chi connectivity index (χ3n) is 3.84. The van der Waals surface area contributed by atoms with Crippen LogP contribution < -0.4 is 4.90 Å². The van der Waals surface area contributed by atoms with Crippen molar-refractivity contribution in [2.75, 3.05) is 25.1 Å². The van der Waals surface area contributed by atoms with Gasteiger partial charge in [-0.15, -0.1) is 0 Å². The molecule has 0 bridgehead atoms. The Hall–Kier alpha value is -1.96. The number of anilines is 1. The van der Waals surface area contributed by atoms with Gasteiger partial charge in [0.15, 0.2) is 11.0 Å². The fraction of sp³-hybridized carbons (Fsp3) is 0.571. The van der Waals surface area contributed by atoms with Gasteiger partial charge in [-0.2, -0.15) is 5.10 Å². The minimum Gasteiger partial charge on any atom is -0.465 e. The zero-order valence-electron chi connectivity index (χ0n) is 12.9. The molecule has 2 aromatic heterocycles. The summed E-state index contributed by atoms with van der Waals surface area (Å²) in [5.74, 6) is 0.831. The summed E-state index contributed by atoms with van der Waals surface area (Å²) in [4.78, 5) is 23.7. The van der Waals surface area contributed by atoms with E-state index in [1.54, 1.807) is 11.7 Å². The molecule has 22 heavy (non-hydrogen) atoms. The van der Waals surface area contributed by atoms with Crippen molar-refractivity contribution in [1.29, 1.82) is 0 Å². The molecule has 7 nitrogen and oxygen atoms in total. The van der Waals surface area contributed by atoms with Crippen molar-refractivity contribution in [3.63, 3.8) is 0 Å². The van der Waals surface area contributed by atoms with Gasteiger partial charge in [-0.05, 0) is 18.8 Å². The van der Waals surface area contributed by atoms with Gasteiger partial charge in [-0.25, -0.2) is 19.4 Å². The van der Waals surface area contributed by atoms with E-state index in [0.717, 1.165) is 24.6 Å². The van der Waals surface area contributed by atoms with Crippen LogP contribution in [0.15, 0.2) is 6.33 Å². The number of carbonyl (C=O) groups excluding carboxylic acids is 1. The molecule has 0 radical (unpaired) electrons. The number of nitrogens with zero attached hydrogens (tertiary/aromatic N) is 5. The monoisotopic (exact) mass is 321 g/mol. The molecule has 0 aromatic carbocycles. The van der Waals surface area contributed by atoms with Crippen LogP contribution in [0.2, 0.25) is 0 Å². The number of aromatic nitrogens is 4. The number of hydrogen-bond donors (Lipinski definition) is 0. The Morgan fingerprint density at radius 3 is 2.95 bits per heavy atom. The summed E-state index contributed by atoms with van der Waals surface area (Å²) in [5.41, 5.74) is 0.546. The molecular formula is C14H19N5O2S. The molecule has 2 aromatic rings. The third-order valence-corrected chi connectivity index (χ3v) is 4.93. The number of piperidine rings is 1. The van der Waals surface area contributed by atoms with Crippen LogP contribution in [0.3, 0.4) is 0 Å². The summed E-state index contributed by atoms with van der Waals surface area (Å²) in [5, 5.41) is 4.91. The normalized spacial score (nSPS) is 18.5. The van der Waals surface area contributed by atoms with Gasteiger partial charge in [0.25, 0.3) is 0 Å².